The minimum absolute atomic E-state index is 0.107. The first-order valence-electron chi connectivity index (χ1n) is 6.47. The highest BCUT2D eigenvalue weighted by Crippen LogP contribution is 2.19. The quantitative estimate of drug-likeness (QED) is 0.895. The number of hydrogen-bond acceptors (Lipinski definition) is 4. The second kappa shape index (κ2) is 5.27. The van der Waals surface area contributed by atoms with E-state index in [2.05, 4.69) is 16.4 Å². The zero-order valence-corrected chi connectivity index (χ0v) is 11.5. The molecule has 1 atom stereocenters. The number of hydrogen-bond donors (Lipinski definition) is 1. The lowest BCUT2D eigenvalue weighted by Crippen LogP contribution is -2.37. The Labute approximate surface area is 113 Å². The summed E-state index contributed by atoms with van der Waals surface area (Å²) in [6, 6.07) is 5.69. The van der Waals surface area contributed by atoms with Gasteiger partial charge in [0.2, 0.25) is 5.91 Å². The van der Waals surface area contributed by atoms with E-state index in [1.54, 1.807) is 0 Å². The standard InChI is InChI=1S/C14H18N4O/c1-9(2)18-7-6-11(14(18)19)16-13-5-4-10(3)12(8-15)17-13/h4-5,9,11H,6-7H2,1-3H3,(H,16,17). The molecule has 0 aliphatic carbocycles. The number of anilines is 1. The Hall–Kier alpha value is -2.09. The van der Waals surface area contributed by atoms with Crippen molar-refractivity contribution in [3.05, 3.63) is 23.4 Å². The van der Waals surface area contributed by atoms with Gasteiger partial charge in [0.05, 0.1) is 0 Å². The highest BCUT2D eigenvalue weighted by molar-refractivity contribution is 5.86. The van der Waals surface area contributed by atoms with Gasteiger partial charge in [-0.2, -0.15) is 5.26 Å². The van der Waals surface area contributed by atoms with Crippen molar-refractivity contribution in [3.63, 3.8) is 0 Å². The third-order valence-corrected chi connectivity index (χ3v) is 3.39. The summed E-state index contributed by atoms with van der Waals surface area (Å²) in [7, 11) is 0. The molecule has 0 bridgehead atoms. The van der Waals surface area contributed by atoms with Crippen LogP contribution in [0.3, 0.4) is 0 Å². The number of amides is 1. The third-order valence-electron chi connectivity index (χ3n) is 3.39. The molecular weight excluding hydrogens is 240 g/mol. The molecule has 0 radical (unpaired) electrons. The van der Waals surface area contributed by atoms with Gasteiger partial charge in [-0.25, -0.2) is 4.98 Å². The Balaban J connectivity index is 2.11. The summed E-state index contributed by atoms with van der Waals surface area (Å²) in [6.45, 7) is 6.64. The van der Waals surface area contributed by atoms with Gasteiger partial charge in [0, 0.05) is 12.6 Å². The maximum atomic E-state index is 12.1. The van der Waals surface area contributed by atoms with Gasteiger partial charge in [-0.1, -0.05) is 6.07 Å². The first-order chi connectivity index (χ1) is 9.02. The average Bonchev–Trinajstić information content (AvgIpc) is 2.73. The van der Waals surface area contributed by atoms with Gasteiger partial charge in [-0.05, 0) is 38.8 Å². The van der Waals surface area contributed by atoms with Crippen LogP contribution in [0.4, 0.5) is 5.82 Å². The van der Waals surface area contributed by atoms with Crippen molar-refractivity contribution in [1.29, 1.82) is 5.26 Å². The number of carbonyl (C=O) groups excluding carboxylic acids is 1. The first-order valence-corrected chi connectivity index (χ1v) is 6.47. The molecule has 0 aromatic carbocycles. The van der Waals surface area contributed by atoms with Crippen LogP contribution in [0.15, 0.2) is 12.1 Å². The highest BCUT2D eigenvalue weighted by Gasteiger charge is 2.33. The van der Waals surface area contributed by atoms with Crippen LogP contribution >= 0.6 is 0 Å². The molecule has 5 nitrogen and oxygen atoms in total. The van der Waals surface area contributed by atoms with E-state index in [1.807, 2.05) is 37.8 Å². The molecule has 1 aromatic heterocycles. The van der Waals surface area contributed by atoms with Gasteiger partial charge in [0.25, 0.3) is 0 Å². The van der Waals surface area contributed by atoms with Crippen molar-refractivity contribution < 1.29 is 4.79 Å². The molecule has 5 heteroatoms. The van der Waals surface area contributed by atoms with E-state index in [0.717, 1.165) is 18.5 Å². The SMILES string of the molecule is Cc1ccc(NC2CCN(C(C)C)C2=O)nc1C#N. The van der Waals surface area contributed by atoms with Gasteiger partial charge in [-0.3, -0.25) is 4.79 Å². The van der Waals surface area contributed by atoms with E-state index < -0.39 is 0 Å². The molecule has 2 heterocycles. The van der Waals surface area contributed by atoms with Crippen molar-refractivity contribution >= 4 is 11.7 Å². The van der Waals surface area contributed by atoms with Crippen molar-refractivity contribution in [2.75, 3.05) is 11.9 Å². The summed E-state index contributed by atoms with van der Waals surface area (Å²) in [4.78, 5) is 18.2. The molecular formula is C14H18N4O. The molecule has 0 saturated carbocycles. The molecule has 1 aliphatic heterocycles. The molecule has 1 N–H and O–H groups in total. The van der Waals surface area contributed by atoms with E-state index >= 15 is 0 Å². The van der Waals surface area contributed by atoms with Crippen molar-refractivity contribution in [2.24, 2.45) is 0 Å². The topological polar surface area (TPSA) is 69.0 Å². The second-order valence-electron chi connectivity index (χ2n) is 5.08. The van der Waals surface area contributed by atoms with E-state index in [1.165, 1.54) is 0 Å². The minimum Gasteiger partial charge on any atom is -0.358 e. The minimum atomic E-state index is -0.232. The molecule has 100 valence electrons. The smallest absolute Gasteiger partial charge is 0.245 e. The number of rotatable bonds is 3. The highest BCUT2D eigenvalue weighted by atomic mass is 16.2. The predicted molar refractivity (Wildman–Crippen MR) is 72.6 cm³/mol. The van der Waals surface area contributed by atoms with Crippen LogP contribution in [0, 0.1) is 18.3 Å². The molecule has 19 heavy (non-hydrogen) atoms. The Kier molecular flexibility index (Phi) is 3.70. The van der Waals surface area contributed by atoms with Gasteiger partial charge in [-0.15, -0.1) is 0 Å². The van der Waals surface area contributed by atoms with E-state index in [0.29, 0.717) is 11.5 Å². The fraction of sp³-hybridized carbons (Fsp3) is 0.500. The summed E-state index contributed by atoms with van der Waals surface area (Å²) >= 11 is 0. The summed E-state index contributed by atoms with van der Waals surface area (Å²) < 4.78 is 0. The van der Waals surface area contributed by atoms with Crippen molar-refractivity contribution in [1.82, 2.24) is 9.88 Å². The van der Waals surface area contributed by atoms with Crippen LogP contribution in [0.1, 0.15) is 31.5 Å². The number of nitriles is 1. The maximum absolute atomic E-state index is 12.1. The third kappa shape index (κ3) is 2.68. The van der Waals surface area contributed by atoms with Crippen LogP contribution in [-0.2, 0) is 4.79 Å². The molecule has 1 aliphatic rings. The summed E-state index contributed by atoms with van der Waals surface area (Å²) in [5, 5.41) is 12.1. The number of carbonyl (C=O) groups is 1. The lowest BCUT2D eigenvalue weighted by Gasteiger charge is -2.21. The average molecular weight is 258 g/mol. The summed E-state index contributed by atoms with van der Waals surface area (Å²) in [5.74, 6) is 0.696. The zero-order valence-electron chi connectivity index (χ0n) is 11.5. The number of nitrogens with zero attached hydrogens (tertiary/aromatic N) is 3. The fourth-order valence-corrected chi connectivity index (χ4v) is 2.25. The molecule has 1 saturated heterocycles. The fourth-order valence-electron chi connectivity index (χ4n) is 2.25. The van der Waals surface area contributed by atoms with Crippen LogP contribution in [0.2, 0.25) is 0 Å². The van der Waals surface area contributed by atoms with Crippen molar-refractivity contribution in [2.45, 2.75) is 39.3 Å². The van der Waals surface area contributed by atoms with Crippen LogP contribution in [0.25, 0.3) is 0 Å². The Bertz CT molecular complexity index is 533. The molecule has 1 unspecified atom stereocenters. The molecule has 2 rings (SSSR count). The number of nitrogens with one attached hydrogen (secondary N) is 1. The van der Waals surface area contributed by atoms with Crippen LogP contribution in [-0.4, -0.2) is 34.4 Å². The molecule has 1 aromatic rings. The zero-order chi connectivity index (χ0) is 14.0. The second-order valence-corrected chi connectivity index (χ2v) is 5.08. The van der Waals surface area contributed by atoms with Gasteiger partial charge in [0.1, 0.15) is 23.6 Å². The number of likely N-dealkylation sites (tertiary alicyclic amines) is 1. The normalized spacial score (nSPS) is 18.8. The van der Waals surface area contributed by atoms with Crippen LogP contribution in [0.5, 0.6) is 0 Å². The van der Waals surface area contributed by atoms with Gasteiger partial charge >= 0.3 is 0 Å². The molecule has 0 spiro atoms. The van der Waals surface area contributed by atoms with E-state index in [-0.39, 0.29) is 18.0 Å². The Morgan fingerprint density at radius 2 is 2.26 bits per heavy atom. The van der Waals surface area contributed by atoms with Crippen LogP contribution < -0.4 is 5.32 Å². The predicted octanol–water partition coefficient (Wildman–Crippen LogP) is 1.68. The lowest BCUT2D eigenvalue weighted by molar-refractivity contribution is -0.129. The summed E-state index contributed by atoms with van der Waals surface area (Å²) in [5.41, 5.74) is 1.24. The molecule has 1 fully saturated rings. The van der Waals surface area contributed by atoms with E-state index in [4.69, 9.17) is 5.26 Å². The van der Waals surface area contributed by atoms with Gasteiger partial charge < -0.3 is 10.2 Å². The largest absolute Gasteiger partial charge is 0.358 e. The number of aryl methyl sites for hydroxylation is 1. The monoisotopic (exact) mass is 258 g/mol. The maximum Gasteiger partial charge on any atom is 0.245 e. The lowest BCUT2D eigenvalue weighted by atomic mass is 10.2. The molecule has 1 amide bonds. The first kappa shape index (κ1) is 13.3. The van der Waals surface area contributed by atoms with Crippen molar-refractivity contribution in [3.8, 4) is 6.07 Å². The summed E-state index contributed by atoms with van der Waals surface area (Å²) in [6.07, 6.45) is 0.772. The van der Waals surface area contributed by atoms with Gasteiger partial charge in [0.15, 0.2) is 0 Å². The Morgan fingerprint density at radius 1 is 1.53 bits per heavy atom. The van der Waals surface area contributed by atoms with E-state index in [9.17, 15) is 4.79 Å². The Morgan fingerprint density at radius 3 is 2.84 bits per heavy atom. The number of pyridine rings is 1. The number of aromatic nitrogens is 1.